The van der Waals surface area contributed by atoms with Gasteiger partial charge >= 0.3 is 0 Å². The van der Waals surface area contributed by atoms with Crippen molar-refractivity contribution in [2.24, 2.45) is 0 Å². The van der Waals surface area contributed by atoms with E-state index in [1.54, 1.807) is 11.3 Å². The van der Waals surface area contributed by atoms with Gasteiger partial charge in [0.05, 0.1) is 6.61 Å². The van der Waals surface area contributed by atoms with E-state index in [2.05, 4.69) is 53.5 Å². The number of fused-ring (bicyclic) bond motifs is 1. The molecular weight excluding hydrogens is 375 g/mol. The van der Waals surface area contributed by atoms with E-state index in [0.717, 1.165) is 32.1 Å². The summed E-state index contributed by atoms with van der Waals surface area (Å²) < 4.78 is 7.20. The molecule has 0 aliphatic carbocycles. The van der Waals surface area contributed by atoms with E-state index in [1.165, 1.54) is 41.7 Å². The molecule has 2 aromatic rings. The predicted octanol–water partition coefficient (Wildman–Crippen LogP) is 4.33. The van der Waals surface area contributed by atoms with Gasteiger partial charge in [-0.05, 0) is 68.4 Å². The zero-order valence-electron chi connectivity index (χ0n) is 15.1. The van der Waals surface area contributed by atoms with E-state index in [4.69, 9.17) is 4.74 Å². The zero-order valence-corrected chi connectivity index (χ0v) is 17.6. The molecule has 3 rings (SSSR count). The van der Waals surface area contributed by atoms with Crippen molar-refractivity contribution in [3.63, 3.8) is 0 Å². The normalized spacial score (nSPS) is 17.6. The van der Waals surface area contributed by atoms with Crippen LogP contribution in [0, 0.1) is 0 Å². The van der Waals surface area contributed by atoms with Gasteiger partial charge in [0.2, 0.25) is 0 Å². The van der Waals surface area contributed by atoms with E-state index >= 15 is 0 Å². The molecule has 1 saturated heterocycles. The molecule has 0 saturated carbocycles. The van der Waals surface area contributed by atoms with Gasteiger partial charge in [-0.15, -0.1) is 36.2 Å². The van der Waals surface area contributed by atoms with Gasteiger partial charge in [0, 0.05) is 30.4 Å². The summed E-state index contributed by atoms with van der Waals surface area (Å²) in [5, 5.41) is 3.52. The first-order chi connectivity index (χ1) is 11.2. The zero-order chi connectivity index (χ0) is 16.1. The number of ether oxygens (including phenoxy) is 1. The lowest BCUT2D eigenvalue weighted by atomic mass is 10.1. The number of likely N-dealkylation sites (N-methyl/N-ethyl adjacent to an activating group) is 1. The standard InChI is InChI=1S/C19H28N2OS.2ClH/c1-20(2)18-6-10-21(15-18)9-3-11-22-12-7-16-4-5-19-17(14-16)8-13-23-19;;/h4-5,8,13-14,18H,3,6-7,9-12,15H2,1-2H3;2*1H. The molecule has 1 aliphatic rings. The minimum atomic E-state index is 0. The molecule has 0 bridgehead atoms. The van der Waals surface area contributed by atoms with Crippen molar-refractivity contribution in [2.75, 3.05) is 46.9 Å². The van der Waals surface area contributed by atoms with Gasteiger partial charge in [-0.25, -0.2) is 0 Å². The van der Waals surface area contributed by atoms with Crippen LogP contribution in [0.2, 0.25) is 0 Å². The molecule has 1 aliphatic heterocycles. The van der Waals surface area contributed by atoms with Crippen molar-refractivity contribution in [1.29, 1.82) is 0 Å². The summed E-state index contributed by atoms with van der Waals surface area (Å²) >= 11 is 1.81. The van der Waals surface area contributed by atoms with Crippen LogP contribution >= 0.6 is 36.2 Å². The summed E-state index contributed by atoms with van der Waals surface area (Å²) in [6, 6.07) is 9.68. The Morgan fingerprint density at radius 1 is 1.20 bits per heavy atom. The molecule has 0 N–H and O–H groups in total. The Hall–Kier alpha value is -0.360. The smallest absolute Gasteiger partial charge is 0.0506 e. The lowest BCUT2D eigenvalue weighted by Crippen LogP contribution is -2.32. The average molecular weight is 405 g/mol. The SMILES string of the molecule is CN(C)C1CCN(CCCOCCc2ccc3sccc3c2)C1.Cl.Cl. The first-order valence-corrected chi connectivity index (χ1v) is 9.53. The molecule has 2 heterocycles. The lowest BCUT2D eigenvalue weighted by molar-refractivity contribution is 0.125. The third-order valence-corrected chi connectivity index (χ3v) is 5.69. The van der Waals surface area contributed by atoms with Crippen molar-refractivity contribution in [3.8, 4) is 0 Å². The average Bonchev–Trinajstić information content (AvgIpc) is 3.19. The summed E-state index contributed by atoms with van der Waals surface area (Å²) in [6.07, 6.45) is 3.46. The molecule has 0 radical (unpaired) electrons. The number of hydrogen-bond acceptors (Lipinski definition) is 4. The highest BCUT2D eigenvalue weighted by Gasteiger charge is 2.22. The molecule has 0 amide bonds. The summed E-state index contributed by atoms with van der Waals surface area (Å²) in [5.74, 6) is 0. The first-order valence-electron chi connectivity index (χ1n) is 8.65. The molecular formula is C19H30Cl2N2OS. The highest BCUT2D eigenvalue weighted by molar-refractivity contribution is 7.17. The molecule has 1 unspecified atom stereocenters. The Balaban J connectivity index is 0.00000156. The van der Waals surface area contributed by atoms with Crippen LogP contribution < -0.4 is 0 Å². The Morgan fingerprint density at radius 2 is 2.04 bits per heavy atom. The summed E-state index contributed by atoms with van der Waals surface area (Å²) in [5.41, 5.74) is 1.38. The number of halogens is 2. The third-order valence-electron chi connectivity index (χ3n) is 4.79. The number of likely N-dealkylation sites (tertiary alicyclic amines) is 1. The number of rotatable bonds is 8. The molecule has 1 aromatic heterocycles. The monoisotopic (exact) mass is 404 g/mol. The Kier molecular flexibility index (Phi) is 10.3. The third kappa shape index (κ3) is 6.70. The van der Waals surface area contributed by atoms with E-state index in [1.807, 2.05) is 0 Å². The van der Waals surface area contributed by atoms with Crippen LogP contribution in [0.3, 0.4) is 0 Å². The van der Waals surface area contributed by atoms with Crippen molar-refractivity contribution in [3.05, 3.63) is 35.2 Å². The van der Waals surface area contributed by atoms with Crippen LogP contribution in [0.5, 0.6) is 0 Å². The highest BCUT2D eigenvalue weighted by atomic mass is 35.5. The minimum Gasteiger partial charge on any atom is -0.381 e. The number of hydrogen-bond donors (Lipinski definition) is 0. The topological polar surface area (TPSA) is 15.7 Å². The molecule has 3 nitrogen and oxygen atoms in total. The molecule has 25 heavy (non-hydrogen) atoms. The Bertz CT molecular complexity index is 620. The van der Waals surface area contributed by atoms with Crippen LogP contribution in [-0.2, 0) is 11.2 Å². The van der Waals surface area contributed by atoms with E-state index < -0.39 is 0 Å². The van der Waals surface area contributed by atoms with Gasteiger partial charge in [0.15, 0.2) is 0 Å². The molecule has 142 valence electrons. The van der Waals surface area contributed by atoms with Crippen LogP contribution in [0.1, 0.15) is 18.4 Å². The molecule has 1 atom stereocenters. The second kappa shape index (κ2) is 11.4. The Labute approximate surface area is 168 Å². The first kappa shape index (κ1) is 22.7. The maximum absolute atomic E-state index is 5.83. The number of benzene rings is 1. The molecule has 1 aromatic carbocycles. The fourth-order valence-corrected chi connectivity index (χ4v) is 4.06. The van der Waals surface area contributed by atoms with Gasteiger partial charge < -0.3 is 14.5 Å². The van der Waals surface area contributed by atoms with Crippen LogP contribution in [0.15, 0.2) is 29.6 Å². The van der Waals surface area contributed by atoms with Crippen LogP contribution in [-0.4, -0.2) is 62.8 Å². The summed E-state index contributed by atoms with van der Waals surface area (Å²) in [7, 11) is 4.37. The lowest BCUT2D eigenvalue weighted by Gasteiger charge is -2.20. The summed E-state index contributed by atoms with van der Waals surface area (Å²) in [6.45, 7) is 5.34. The maximum atomic E-state index is 5.83. The predicted molar refractivity (Wildman–Crippen MR) is 114 cm³/mol. The van der Waals surface area contributed by atoms with Crippen LogP contribution in [0.25, 0.3) is 10.1 Å². The van der Waals surface area contributed by atoms with E-state index in [-0.39, 0.29) is 24.8 Å². The molecule has 1 fully saturated rings. The van der Waals surface area contributed by atoms with Gasteiger partial charge in [0.1, 0.15) is 0 Å². The van der Waals surface area contributed by atoms with Gasteiger partial charge in [-0.2, -0.15) is 0 Å². The molecule has 6 heteroatoms. The van der Waals surface area contributed by atoms with Gasteiger partial charge in [-0.1, -0.05) is 12.1 Å². The van der Waals surface area contributed by atoms with Gasteiger partial charge in [0.25, 0.3) is 0 Å². The quantitative estimate of drug-likeness (QED) is 0.608. The van der Waals surface area contributed by atoms with Crippen molar-refractivity contribution >= 4 is 46.2 Å². The van der Waals surface area contributed by atoms with Crippen LogP contribution in [0.4, 0.5) is 0 Å². The molecule has 0 spiro atoms. The summed E-state index contributed by atoms with van der Waals surface area (Å²) in [4.78, 5) is 4.92. The Morgan fingerprint density at radius 3 is 2.80 bits per heavy atom. The number of nitrogens with zero attached hydrogens (tertiary/aromatic N) is 2. The van der Waals surface area contributed by atoms with Crippen molar-refractivity contribution in [1.82, 2.24) is 9.80 Å². The second-order valence-corrected chi connectivity index (χ2v) is 7.66. The largest absolute Gasteiger partial charge is 0.381 e. The fraction of sp³-hybridized carbons (Fsp3) is 0.579. The van der Waals surface area contributed by atoms with Crippen molar-refractivity contribution < 1.29 is 4.74 Å². The van der Waals surface area contributed by atoms with Gasteiger partial charge in [-0.3, -0.25) is 0 Å². The minimum absolute atomic E-state index is 0. The maximum Gasteiger partial charge on any atom is 0.0506 e. The highest BCUT2D eigenvalue weighted by Crippen LogP contribution is 2.22. The fourth-order valence-electron chi connectivity index (χ4n) is 3.29. The van der Waals surface area contributed by atoms with Crippen molar-refractivity contribution in [2.45, 2.75) is 25.3 Å². The second-order valence-electron chi connectivity index (χ2n) is 6.72. The van der Waals surface area contributed by atoms with E-state index in [0.29, 0.717) is 0 Å². The number of thiophene rings is 1. The van der Waals surface area contributed by atoms with E-state index in [9.17, 15) is 0 Å².